The number of benzene rings is 2. The first-order valence-electron chi connectivity index (χ1n) is 6.10. The number of phenolic OH excluding ortho intramolecular Hbond substituents is 1. The van der Waals surface area contributed by atoms with Crippen molar-refractivity contribution in [2.24, 2.45) is 0 Å². The standard InChI is InChI=1S/C14H10N4O3/c19-13-7-5-11(6-8-13)17-9-14(15-16-17)10-1-3-12(4-2-10)18(20)21/h1-9,19H. The minimum absolute atomic E-state index is 0.0321. The summed E-state index contributed by atoms with van der Waals surface area (Å²) in [6, 6.07) is 12.6. The summed E-state index contributed by atoms with van der Waals surface area (Å²) in [5.41, 5.74) is 2.14. The summed E-state index contributed by atoms with van der Waals surface area (Å²) >= 11 is 0. The van der Waals surface area contributed by atoms with Crippen molar-refractivity contribution in [2.45, 2.75) is 0 Å². The number of nitro groups is 1. The number of aromatic hydroxyl groups is 1. The molecule has 3 aromatic rings. The highest BCUT2D eigenvalue weighted by Crippen LogP contribution is 2.21. The molecule has 1 aromatic heterocycles. The number of phenols is 1. The van der Waals surface area contributed by atoms with Gasteiger partial charge in [-0.05, 0) is 36.4 Å². The summed E-state index contributed by atoms with van der Waals surface area (Å²) in [7, 11) is 0. The highest BCUT2D eigenvalue weighted by molar-refractivity contribution is 5.60. The van der Waals surface area contributed by atoms with E-state index in [-0.39, 0.29) is 11.4 Å². The molecule has 0 radical (unpaired) electrons. The van der Waals surface area contributed by atoms with Gasteiger partial charge in [0.15, 0.2) is 0 Å². The Bertz CT molecular complexity index is 779. The fourth-order valence-electron chi connectivity index (χ4n) is 1.88. The third kappa shape index (κ3) is 2.57. The summed E-state index contributed by atoms with van der Waals surface area (Å²) in [5.74, 6) is 0.175. The lowest BCUT2D eigenvalue weighted by molar-refractivity contribution is -0.384. The van der Waals surface area contributed by atoms with Gasteiger partial charge in [0.05, 0.1) is 16.8 Å². The van der Waals surface area contributed by atoms with Crippen molar-refractivity contribution in [1.82, 2.24) is 15.0 Å². The lowest BCUT2D eigenvalue weighted by Gasteiger charge is -1.99. The van der Waals surface area contributed by atoms with Gasteiger partial charge in [-0.15, -0.1) is 5.10 Å². The normalized spacial score (nSPS) is 10.5. The number of hydrogen-bond acceptors (Lipinski definition) is 5. The van der Waals surface area contributed by atoms with Gasteiger partial charge in [-0.2, -0.15) is 0 Å². The SMILES string of the molecule is O=[N+]([O-])c1ccc(-c2cn(-c3ccc(O)cc3)nn2)cc1. The minimum Gasteiger partial charge on any atom is -0.508 e. The van der Waals surface area contributed by atoms with Gasteiger partial charge < -0.3 is 5.11 Å². The van der Waals surface area contributed by atoms with Crippen LogP contribution in [0.1, 0.15) is 0 Å². The van der Waals surface area contributed by atoms with E-state index < -0.39 is 4.92 Å². The first-order valence-corrected chi connectivity index (χ1v) is 6.10. The molecule has 0 unspecified atom stereocenters. The van der Waals surface area contributed by atoms with Crippen molar-refractivity contribution in [3.8, 4) is 22.7 Å². The third-order valence-electron chi connectivity index (χ3n) is 2.98. The van der Waals surface area contributed by atoms with Gasteiger partial charge >= 0.3 is 0 Å². The molecule has 0 saturated carbocycles. The Hall–Kier alpha value is -3.22. The molecule has 3 rings (SSSR count). The van der Waals surface area contributed by atoms with Crippen LogP contribution in [0.4, 0.5) is 5.69 Å². The highest BCUT2D eigenvalue weighted by Gasteiger charge is 2.08. The second kappa shape index (κ2) is 5.04. The average Bonchev–Trinajstić information content (AvgIpc) is 2.98. The van der Waals surface area contributed by atoms with Crippen LogP contribution in [0.15, 0.2) is 54.7 Å². The molecule has 0 atom stereocenters. The van der Waals surface area contributed by atoms with Gasteiger partial charge in [0.25, 0.3) is 5.69 Å². The van der Waals surface area contributed by atoms with Gasteiger partial charge in [0.1, 0.15) is 11.4 Å². The van der Waals surface area contributed by atoms with E-state index in [1.165, 1.54) is 12.1 Å². The molecule has 0 spiro atoms. The van der Waals surface area contributed by atoms with Crippen molar-refractivity contribution in [3.63, 3.8) is 0 Å². The molecule has 0 aliphatic rings. The lowest BCUT2D eigenvalue weighted by atomic mass is 10.1. The molecule has 2 aromatic carbocycles. The van der Waals surface area contributed by atoms with E-state index in [0.29, 0.717) is 5.69 Å². The maximum absolute atomic E-state index is 10.6. The van der Waals surface area contributed by atoms with Crippen molar-refractivity contribution in [1.29, 1.82) is 0 Å². The Morgan fingerprint density at radius 1 is 1.05 bits per heavy atom. The summed E-state index contributed by atoms with van der Waals surface area (Å²) in [4.78, 5) is 10.2. The number of nitrogens with zero attached hydrogens (tertiary/aromatic N) is 4. The van der Waals surface area contributed by atoms with Crippen LogP contribution in [0.3, 0.4) is 0 Å². The Kier molecular flexibility index (Phi) is 3.07. The molecule has 1 N–H and O–H groups in total. The Balaban J connectivity index is 1.90. The number of hydrogen-bond donors (Lipinski definition) is 1. The molecule has 0 aliphatic heterocycles. The predicted molar refractivity (Wildman–Crippen MR) is 75.1 cm³/mol. The number of aromatic nitrogens is 3. The number of nitro benzene ring substituents is 1. The predicted octanol–water partition coefficient (Wildman–Crippen LogP) is 2.55. The molecule has 1 heterocycles. The van der Waals surface area contributed by atoms with E-state index in [9.17, 15) is 15.2 Å². The highest BCUT2D eigenvalue weighted by atomic mass is 16.6. The van der Waals surface area contributed by atoms with Crippen molar-refractivity contribution in [3.05, 3.63) is 64.8 Å². The van der Waals surface area contributed by atoms with Gasteiger partial charge in [0, 0.05) is 17.7 Å². The van der Waals surface area contributed by atoms with Gasteiger partial charge in [0.2, 0.25) is 0 Å². The molecular weight excluding hydrogens is 272 g/mol. The fraction of sp³-hybridized carbons (Fsp3) is 0. The topological polar surface area (TPSA) is 94.1 Å². The maximum atomic E-state index is 10.6. The fourth-order valence-corrected chi connectivity index (χ4v) is 1.88. The van der Waals surface area contributed by atoms with E-state index in [1.807, 2.05) is 0 Å². The van der Waals surface area contributed by atoms with Crippen molar-refractivity contribution < 1.29 is 10.0 Å². The lowest BCUT2D eigenvalue weighted by Crippen LogP contribution is -1.93. The van der Waals surface area contributed by atoms with Crippen LogP contribution in [-0.4, -0.2) is 25.0 Å². The van der Waals surface area contributed by atoms with E-state index in [4.69, 9.17) is 0 Å². The van der Waals surface area contributed by atoms with Crippen LogP contribution < -0.4 is 0 Å². The zero-order valence-corrected chi connectivity index (χ0v) is 10.7. The van der Waals surface area contributed by atoms with E-state index >= 15 is 0 Å². The van der Waals surface area contributed by atoms with Crippen LogP contribution in [0.2, 0.25) is 0 Å². The van der Waals surface area contributed by atoms with Crippen molar-refractivity contribution >= 4 is 5.69 Å². The first-order chi connectivity index (χ1) is 10.1. The molecule has 7 heteroatoms. The average molecular weight is 282 g/mol. The summed E-state index contributed by atoms with van der Waals surface area (Å²) in [6.07, 6.45) is 1.72. The summed E-state index contributed by atoms with van der Waals surface area (Å²) < 4.78 is 1.57. The van der Waals surface area contributed by atoms with Crippen LogP contribution in [0, 0.1) is 10.1 Å². The quantitative estimate of drug-likeness (QED) is 0.588. The zero-order chi connectivity index (χ0) is 14.8. The molecule has 21 heavy (non-hydrogen) atoms. The van der Waals surface area contributed by atoms with Crippen LogP contribution in [0.25, 0.3) is 16.9 Å². The molecule has 0 fully saturated rings. The zero-order valence-electron chi connectivity index (χ0n) is 10.7. The number of non-ortho nitro benzene ring substituents is 1. The minimum atomic E-state index is -0.447. The third-order valence-corrected chi connectivity index (χ3v) is 2.98. The second-order valence-electron chi connectivity index (χ2n) is 4.37. The molecule has 0 amide bonds. The van der Waals surface area contributed by atoms with Crippen molar-refractivity contribution in [2.75, 3.05) is 0 Å². The monoisotopic (exact) mass is 282 g/mol. The number of rotatable bonds is 3. The molecule has 0 aliphatic carbocycles. The second-order valence-corrected chi connectivity index (χ2v) is 4.37. The maximum Gasteiger partial charge on any atom is 0.269 e. The molecular formula is C14H10N4O3. The molecule has 7 nitrogen and oxygen atoms in total. The smallest absolute Gasteiger partial charge is 0.269 e. The van der Waals surface area contributed by atoms with Crippen LogP contribution in [-0.2, 0) is 0 Å². The van der Waals surface area contributed by atoms with E-state index in [2.05, 4.69) is 10.3 Å². The largest absolute Gasteiger partial charge is 0.508 e. The van der Waals surface area contributed by atoms with Gasteiger partial charge in [-0.3, -0.25) is 10.1 Å². The van der Waals surface area contributed by atoms with Gasteiger partial charge in [-0.25, -0.2) is 4.68 Å². The Labute approximate surface area is 119 Å². The van der Waals surface area contributed by atoms with Crippen LogP contribution in [0.5, 0.6) is 5.75 Å². The van der Waals surface area contributed by atoms with E-state index in [1.54, 1.807) is 47.3 Å². The molecule has 104 valence electrons. The van der Waals surface area contributed by atoms with Crippen LogP contribution >= 0.6 is 0 Å². The molecule has 0 bridgehead atoms. The van der Waals surface area contributed by atoms with E-state index in [0.717, 1.165) is 11.3 Å². The molecule has 0 saturated heterocycles. The Morgan fingerprint density at radius 2 is 1.71 bits per heavy atom. The summed E-state index contributed by atoms with van der Waals surface area (Å²) in [5, 5.41) is 27.9. The first kappa shape index (κ1) is 12.8. The Morgan fingerprint density at radius 3 is 2.33 bits per heavy atom. The summed E-state index contributed by atoms with van der Waals surface area (Å²) in [6.45, 7) is 0. The van der Waals surface area contributed by atoms with Gasteiger partial charge in [-0.1, -0.05) is 5.21 Å².